The second-order valence-electron chi connectivity index (χ2n) is 4.47. The van der Waals surface area contributed by atoms with Crippen molar-refractivity contribution in [3.63, 3.8) is 0 Å². The zero-order chi connectivity index (χ0) is 11.5. The third kappa shape index (κ3) is 3.27. The van der Waals surface area contributed by atoms with Crippen molar-refractivity contribution in [2.75, 3.05) is 13.7 Å². The van der Waals surface area contributed by atoms with Gasteiger partial charge in [-0.3, -0.25) is 0 Å². The Kier molecular flexibility index (Phi) is 5.09. The van der Waals surface area contributed by atoms with Gasteiger partial charge < -0.3 is 14.8 Å². The van der Waals surface area contributed by atoms with Gasteiger partial charge in [0.2, 0.25) is 0 Å². The lowest BCUT2D eigenvalue weighted by Crippen LogP contribution is -2.42. The molecule has 0 aromatic heterocycles. The molecule has 1 aliphatic rings. The minimum absolute atomic E-state index is 0. The van der Waals surface area contributed by atoms with Crippen LogP contribution in [0.1, 0.15) is 19.4 Å². The highest BCUT2D eigenvalue weighted by Gasteiger charge is 2.22. The second kappa shape index (κ2) is 6.12. The Morgan fingerprint density at radius 3 is 2.82 bits per heavy atom. The van der Waals surface area contributed by atoms with E-state index in [1.807, 2.05) is 18.2 Å². The van der Waals surface area contributed by atoms with Crippen LogP contribution in [0.4, 0.5) is 0 Å². The number of benzene rings is 1. The molecule has 96 valence electrons. The van der Waals surface area contributed by atoms with Crippen LogP contribution in [0, 0.1) is 0 Å². The van der Waals surface area contributed by atoms with Gasteiger partial charge >= 0.3 is 0 Å². The Bertz CT molecular complexity index is 354. The molecule has 0 saturated carbocycles. The minimum atomic E-state index is 0. The molecule has 1 aliphatic heterocycles. The van der Waals surface area contributed by atoms with Crippen LogP contribution in [-0.4, -0.2) is 25.8 Å². The fraction of sp³-hybridized carbons (Fsp3) is 0.538. The first-order valence-corrected chi connectivity index (χ1v) is 5.75. The third-order valence-corrected chi connectivity index (χ3v) is 2.77. The molecule has 0 aliphatic carbocycles. The number of ether oxygens (including phenoxy) is 2. The Morgan fingerprint density at radius 2 is 2.18 bits per heavy atom. The van der Waals surface area contributed by atoms with Crippen molar-refractivity contribution >= 4 is 12.4 Å². The van der Waals surface area contributed by atoms with E-state index in [1.54, 1.807) is 7.11 Å². The zero-order valence-electron chi connectivity index (χ0n) is 10.5. The largest absolute Gasteiger partial charge is 0.496 e. The number of hydrogen-bond acceptors (Lipinski definition) is 3. The average molecular weight is 258 g/mol. The molecule has 3 nitrogen and oxygen atoms in total. The summed E-state index contributed by atoms with van der Waals surface area (Å²) in [6.07, 6.45) is 0.970. The van der Waals surface area contributed by atoms with E-state index in [9.17, 15) is 0 Å². The lowest BCUT2D eigenvalue weighted by Gasteiger charge is -2.28. The van der Waals surface area contributed by atoms with Crippen molar-refractivity contribution in [2.45, 2.75) is 32.4 Å². The van der Waals surface area contributed by atoms with Crippen LogP contribution in [0.2, 0.25) is 0 Å². The number of hydrogen-bond donors (Lipinski definition) is 1. The maximum absolute atomic E-state index is 5.74. The molecule has 0 bridgehead atoms. The fourth-order valence-corrected chi connectivity index (χ4v) is 2.15. The maximum Gasteiger partial charge on any atom is 0.126 e. The number of methoxy groups -OCH3 is 1. The Hall–Kier alpha value is -0.930. The molecular weight excluding hydrogens is 238 g/mol. The Balaban J connectivity index is 0.00000144. The molecule has 4 heteroatoms. The molecule has 0 spiro atoms. The van der Waals surface area contributed by atoms with Gasteiger partial charge in [-0.1, -0.05) is 19.9 Å². The summed E-state index contributed by atoms with van der Waals surface area (Å²) in [5.41, 5.74) is 1.18. The van der Waals surface area contributed by atoms with E-state index in [-0.39, 0.29) is 12.4 Å². The standard InChI is InChI=1S/C13H19NO2.ClH/c1-9(2)14-10-7-11-12(15-3)5-4-6-13(11)16-8-10;/h4-6,9-10,14H,7-8H2,1-3H3;1H. The van der Waals surface area contributed by atoms with Gasteiger partial charge in [0.05, 0.1) is 7.11 Å². The van der Waals surface area contributed by atoms with Crippen LogP contribution in [0.5, 0.6) is 11.5 Å². The van der Waals surface area contributed by atoms with E-state index in [0.717, 1.165) is 24.5 Å². The van der Waals surface area contributed by atoms with E-state index < -0.39 is 0 Å². The predicted molar refractivity (Wildman–Crippen MR) is 71.5 cm³/mol. The molecule has 1 N–H and O–H groups in total. The maximum atomic E-state index is 5.74. The lowest BCUT2D eigenvalue weighted by atomic mass is 10.0. The first-order valence-electron chi connectivity index (χ1n) is 5.75. The smallest absolute Gasteiger partial charge is 0.126 e. The van der Waals surface area contributed by atoms with Crippen molar-refractivity contribution in [3.8, 4) is 11.5 Å². The molecule has 0 amide bonds. The fourth-order valence-electron chi connectivity index (χ4n) is 2.15. The summed E-state index contributed by atoms with van der Waals surface area (Å²) in [6, 6.07) is 6.81. The molecule has 0 fully saturated rings. The highest BCUT2D eigenvalue weighted by molar-refractivity contribution is 5.85. The first-order chi connectivity index (χ1) is 7.70. The highest BCUT2D eigenvalue weighted by Crippen LogP contribution is 2.32. The van der Waals surface area contributed by atoms with Gasteiger partial charge in [-0.2, -0.15) is 0 Å². The Morgan fingerprint density at radius 1 is 1.41 bits per heavy atom. The summed E-state index contributed by atoms with van der Waals surface area (Å²) in [5.74, 6) is 1.88. The molecule has 2 rings (SSSR count). The summed E-state index contributed by atoms with van der Waals surface area (Å²) in [7, 11) is 1.70. The molecule has 1 atom stereocenters. The van der Waals surface area contributed by atoms with E-state index in [2.05, 4.69) is 19.2 Å². The van der Waals surface area contributed by atoms with Gasteiger partial charge in [-0.15, -0.1) is 12.4 Å². The van der Waals surface area contributed by atoms with Gasteiger partial charge in [-0.05, 0) is 18.6 Å². The van der Waals surface area contributed by atoms with Crippen LogP contribution in [0.25, 0.3) is 0 Å². The summed E-state index contributed by atoms with van der Waals surface area (Å²) >= 11 is 0. The van der Waals surface area contributed by atoms with Gasteiger partial charge in [0.25, 0.3) is 0 Å². The van der Waals surface area contributed by atoms with Crippen LogP contribution in [0.15, 0.2) is 18.2 Å². The molecule has 1 aromatic carbocycles. The van der Waals surface area contributed by atoms with Gasteiger partial charge in [0, 0.05) is 17.6 Å². The topological polar surface area (TPSA) is 30.5 Å². The van der Waals surface area contributed by atoms with Crippen LogP contribution in [0.3, 0.4) is 0 Å². The summed E-state index contributed by atoms with van der Waals surface area (Å²) < 4.78 is 11.1. The highest BCUT2D eigenvalue weighted by atomic mass is 35.5. The van der Waals surface area contributed by atoms with E-state index >= 15 is 0 Å². The monoisotopic (exact) mass is 257 g/mol. The molecular formula is C13H20ClNO2. The SMILES string of the molecule is COc1cccc2c1CC(NC(C)C)CO2.Cl. The first kappa shape index (κ1) is 14.1. The number of halogens is 1. The van der Waals surface area contributed by atoms with Gasteiger partial charge in [-0.25, -0.2) is 0 Å². The number of rotatable bonds is 3. The molecule has 1 heterocycles. The lowest BCUT2D eigenvalue weighted by molar-refractivity contribution is 0.228. The summed E-state index contributed by atoms with van der Waals surface area (Å²) in [6.45, 7) is 5.04. The molecule has 1 aromatic rings. The van der Waals surface area contributed by atoms with Crippen molar-refractivity contribution in [1.29, 1.82) is 0 Å². The van der Waals surface area contributed by atoms with E-state index in [4.69, 9.17) is 9.47 Å². The molecule has 0 radical (unpaired) electrons. The molecule has 1 unspecified atom stereocenters. The van der Waals surface area contributed by atoms with E-state index in [1.165, 1.54) is 5.56 Å². The van der Waals surface area contributed by atoms with E-state index in [0.29, 0.717) is 12.1 Å². The van der Waals surface area contributed by atoms with Crippen LogP contribution < -0.4 is 14.8 Å². The molecule has 17 heavy (non-hydrogen) atoms. The Labute approximate surface area is 109 Å². The predicted octanol–water partition coefficient (Wildman–Crippen LogP) is 2.42. The second-order valence-corrected chi connectivity index (χ2v) is 4.47. The minimum Gasteiger partial charge on any atom is -0.496 e. The van der Waals surface area contributed by atoms with Gasteiger partial charge in [0.15, 0.2) is 0 Å². The number of fused-ring (bicyclic) bond motifs is 1. The van der Waals surface area contributed by atoms with Crippen molar-refractivity contribution in [2.24, 2.45) is 0 Å². The zero-order valence-corrected chi connectivity index (χ0v) is 11.3. The quantitative estimate of drug-likeness (QED) is 0.902. The van der Waals surface area contributed by atoms with Crippen LogP contribution >= 0.6 is 12.4 Å². The third-order valence-electron chi connectivity index (χ3n) is 2.77. The van der Waals surface area contributed by atoms with Crippen LogP contribution in [-0.2, 0) is 6.42 Å². The van der Waals surface area contributed by atoms with Crippen molar-refractivity contribution < 1.29 is 9.47 Å². The summed E-state index contributed by atoms with van der Waals surface area (Å²) in [4.78, 5) is 0. The van der Waals surface area contributed by atoms with Crippen molar-refractivity contribution in [3.05, 3.63) is 23.8 Å². The van der Waals surface area contributed by atoms with Gasteiger partial charge in [0.1, 0.15) is 18.1 Å². The molecule has 0 saturated heterocycles. The average Bonchev–Trinajstić information content (AvgIpc) is 2.27. The normalized spacial score (nSPS) is 18.0. The summed E-state index contributed by atoms with van der Waals surface area (Å²) in [5, 5.41) is 3.49. The van der Waals surface area contributed by atoms with Crippen molar-refractivity contribution in [1.82, 2.24) is 5.32 Å². The number of nitrogens with one attached hydrogen (secondary N) is 1.